The molecule has 0 aliphatic rings. The van der Waals surface area contributed by atoms with Gasteiger partial charge in [-0.05, 0) is 19.5 Å². The minimum absolute atomic E-state index is 0.241. The number of carbonyl (C=O) groups is 2. The van der Waals surface area contributed by atoms with Gasteiger partial charge in [0.25, 0.3) is 0 Å². The fourth-order valence-electron chi connectivity index (χ4n) is 1.86. The van der Waals surface area contributed by atoms with E-state index in [-0.39, 0.29) is 5.97 Å². The Morgan fingerprint density at radius 1 is 1.30 bits per heavy atom. The molecule has 1 aromatic heterocycles. The van der Waals surface area contributed by atoms with Crippen molar-refractivity contribution in [2.45, 2.75) is 26.8 Å². The first-order chi connectivity index (χ1) is 9.51. The Balaban J connectivity index is 2.66. The van der Waals surface area contributed by atoms with Gasteiger partial charge in [0.05, 0.1) is 27.2 Å². The molecule has 0 fully saturated rings. The van der Waals surface area contributed by atoms with Gasteiger partial charge in [-0.3, -0.25) is 9.69 Å². The summed E-state index contributed by atoms with van der Waals surface area (Å²) in [5, 5.41) is 0. The van der Waals surface area contributed by atoms with Crippen molar-refractivity contribution < 1.29 is 23.5 Å². The SMILES string of the molecule is CCN(CCC(=O)OC)Cc1cc(C(=O)OC)c(C)o1. The largest absolute Gasteiger partial charge is 0.469 e. The second kappa shape index (κ2) is 7.69. The lowest BCUT2D eigenvalue weighted by Crippen LogP contribution is -2.25. The zero-order valence-electron chi connectivity index (χ0n) is 12.4. The molecule has 1 aromatic rings. The third kappa shape index (κ3) is 4.38. The van der Waals surface area contributed by atoms with Crippen LogP contribution in [0.25, 0.3) is 0 Å². The van der Waals surface area contributed by atoms with Crippen molar-refractivity contribution in [2.75, 3.05) is 27.3 Å². The van der Waals surface area contributed by atoms with Crippen LogP contribution in [0.4, 0.5) is 0 Å². The summed E-state index contributed by atoms with van der Waals surface area (Å²) < 4.78 is 14.8. The van der Waals surface area contributed by atoms with Gasteiger partial charge < -0.3 is 13.9 Å². The summed E-state index contributed by atoms with van der Waals surface area (Å²) in [6.07, 6.45) is 0.327. The summed E-state index contributed by atoms with van der Waals surface area (Å²) in [7, 11) is 2.71. The van der Waals surface area contributed by atoms with Crippen molar-refractivity contribution in [1.82, 2.24) is 4.90 Å². The molecule has 0 amide bonds. The minimum Gasteiger partial charge on any atom is -0.469 e. The van der Waals surface area contributed by atoms with E-state index in [0.717, 1.165) is 6.54 Å². The quantitative estimate of drug-likeness (QED) is 0.710. The van der Waals surface area contributed by atoms with Crippen LogP contribution in [0, 0.1) is 6.92 Å². The number of hydrogen-bond acceptors (Lipinski definition) is 6. The summed E-state index contributed by atoms with van der Waals surface area (Å²) in [4.78, 5) is 24.7. The van der Waals surface area contributed by atoms with Gasteiger partial charge in [-0.2, -0.15) is 0 Å². The molecule has 0 radical (unpaired) electrons. The third-order valence-corrected chi connectivity index (χ3v) is 3.06. The maximum Gasteiger partial charge on any atom is 0.341 e. The molecule has 1 heterocycles. The lowest BCUT2D eigenvalue weighted by Gasteiger charge is -2.18. The lowest BCUT2D eigenvalue weighted by molar-refractivity contribution is -0.141. The molecule has 0 bridgehead atoms. The normalized spacial score (nSPS) is 10.7. The summed E-state index contributed by atoms with van der Waals surface area (Å²) >= 11 is 0. The number of nitrogens with zero attached hydrogens (tertiary/aromatic N) is 1. The van der Waals surface area contributed by atoms with Crippen LogP contribution in [0.5, 0.6) is 0 Å². The minimum atomic E-state index is -0.407. The zero-order chi connectivity index (χ0) is 15.1. The Labute approximate surface area is 118 Å². The summed E-state index contributed by atoms with van der Waals surface area (Å²) in [6.45, 7) is 5.60. The third-order valence-electron chi connectivity index (χ3n) is 3.06. The van der Waals surface area contributed by atoms with Crippen molar-refractivity contribution in [3.63, 3.8) is 0 Å². The first-order valence-electron chi connectivity index (χ1n) is 6.48. The van der Waals surface area contributed by atoms with E-state index in [1.54, 1.807) is 13.0 Å². The molecule has 20 heavy (non-hydrogen) atoms. The number of carbonyl (C=O) groups excluding carboxylic acids is 2. The fourth-order valence-corrected chi connectivity index (χ4v) is 1.86. The van der Waals surface area contributed by atoms with Gasteiger partial charge >= 0.3 is 11.9 Å². The average Bonchev–Trinajstić information content (AvgIpc) is 2.82. The highest BCUT2D eigenvalue weighted by Gasteiger charge is 2.17. The van der Waals surface area contributed by atoms with Gasteiger partial charge in [0, 0.05) is 6.54 Å². The van der Waals surface area contributed by atoms with E-state index in [2.05, 4.69) is 9.47 Å². The predicted molar refractivity (Wildman–Crippen MR) is 72.4 cm³/mol. The predicted octanol–water partition coefficient (Wildman–Crippen LogP) is 1.76. The van der Waals surface area contributed by atoms with Crippen LogP contribution >= 0.6 is 0 Å². The molecule has 0 unspecified atom stereocenters. The molecule has 0 atom stereocenters. The number of ether oxygens (including phenoxy) is 2. The highest BCUT2D eigenvalue weighted by atomic mass is 16.5. The van der Waals surface area contributed by atoms with E-state index in [4.69, 9.17) is 4.42 Å². The van der Waals surface area contributed by atoms with E-state index >= 15 is 0 Å². The number of rotatable bonds is 7. The number of aryl methyl sites for hydroxylation is 1. The Bertz CT molecular complexity index is 466. The first-order valence-corrected chi connectivity index (χ1v) is 6.48. The van der Waals surface area contributed by atoms with Gasteiger partial charge in [0.1, 0.15) is 17.1 Å². The van der Waals surface area contributed by atoms with Gasteiger partial charge in [-0.15, -0.1) is 0 Å². The molecule has 0 aromatic carbocycles. The Kier molecular flexibility index (Phi) is 6.24. The molecule has 6 heteroatoms. The van der Waals surface area contributed by atoms with Crippen molar-refractivity contribution in [1.29, 1.82) is 0 Å². The average molecular weight is 283 g/mol. The van der Waals surface area contributed by atoms with Crippen LogP contribution in [-0.2, 0) is 20.8 Å². The highest BCUT2D eigenvalue weighted by Crippen LogP contribution is 2.17. The molecule has 0 saturated carbocycles. The van der Waals surface area contributed by atoms with Crippen LogP contribution in [-0.4, -0.2) is 44.1 Å². The molecular formula is C14H21NO5. The smallest absolute Gasteiger partial charge is 0.341 e. The molecular weight excluding hydrogens is 262 g/mol. The van der Waals surface area contributed by atoms with Crippen molar-refractivity contribution >= 4 is 11.9 Å². The number of hydrogen-bond donors (Lipinski definition) is 0. The summed E-state index contributed by atoms with van der Waals surface area (Å²) in [6, 6.07) is 1.68. The van der Waals surface area contributed by atoms with Crippen LogP contribution in [0.15, 0.2) is 10.5 Å². The molecule has 0 spiro atoms. The Morgan fingerprint density at radius 3 is 2.55 bits per heavy atom. The summed E-state index contributed by atoms with van der Waals surface area (Å²) in [5.74, 6) is 0.565. The molecule has 0 aliphatic heterocycles. The van der Waals surface area contributed by atoms with Crippen LogP contribution in [0.1, 0.15) is 35.2 Å². The van der Waals surface area contributed by atoms with Gasteiger partial charge in [0.2, 0.25) is 0 Å². The van der Waals surface area contributed by atoms with Crippen LogP contribution in [0.3, 0.4) is 0 Å². The Morgan fingerprint density at radius 2 is 2.00 bits per heavy atom. The lowest BCUT2D eigenvalue weighted by atomic mass is 10.2. The van der Waals surface area contributed by atoms with E-state index in [1.807, 2.05) is 11.8 Å². The fraction of sp³-hybridized carbons (Fsp3) is 0.571. The van der Waals surface area contributed by atoms with E-state index < -0.39 is 5.97 Å². The zero-order valence-corrected chi connectivity index (χ0v) is 12.4. The molecule has 1 rings (SSSR count). The van der Waals surface area contributed by atoms with Crippen LogP contribution < -0.4 is 0 Å². The first kappa shape index (κ1) is 16.2. The van der Waals surface area contributed by atoms with Crippen molar-refractivity contribution in [2.24, 2.45) is 0 Å². The van der Waals surface area contributed by atoms with Gasteiger partial charge in [-0.1, -0.05) is 6.92 Å². The molecule has 0 aliphatic carbocycles. The number of furan rings is 1. The van der Waals surface area contributed by atoms with Crippen LogP contribution in [0.2, 0.25) is 0 Å². The second-order valence-electron chi connectivity index (χ2n) is 4.37. The monoisotopic (exact) mass is 283 g/mol. The maximum absolute atomic E-state index is 11.5. The van der Waals surface area contributed by atoms with E-state index in [9.17, 15) is 9.59 Å². The van der Waals surface area contributed by atoms with E-state index in [0.29, 0.717) is 36.6 Å². The topological polar surface area (TPSA) is 69.0 Å². The van der Waals surface area contributed by atoms with Gasteiger partial charge in [-0.25, -0.2) is 4.79 Å². The molecule has 0 saturated heterocycles. The van der Waals surface area contributed by atoms with E-state index in [1.165, 1.54) is 14.2 Å². The second-order valence-corrected chi connectivity index (χ2v) is 4.37. The van der Waals surface area contributed by atoms with Crippen molar-refractivity contribution in [3.05, 3.63) is 23.2 Å². The van der Waals surface area contributed by atoms with Crippen molar-refractivity contribution in [3.8, 4) is 0 Å². The standard InChI is InChI=1S/C14H21NO5/c1-5-15(7-6-13(16)18-3)9-11-8-12(10(2)20-11)14(17)19-4/h8H,5-7,9H2,1-4H3. The molecule has 6 nitrogen and oxygen atoms in total. The maximum atomic E-state index is 11.5. The number of methoxy groups -OCH3 is 2. The summed E-state index contributed by atoms with van der Waals surface area (Å²) in [5.41, 5.74) is 0.437. The highest BCUT2D eigenvalue weighted by molar-refractivity contribution is 5.90. The molecule has 0 N–H and O–H groups in total. The molecule has 112 valence electrons. The Hall–Kier alpha value is -1.82. The number of esters is 2. The van der Waals surface area contributed by atoms with Gasteiger partial charge in [0.15, 0.2) is 0 Å².